The molecule has 2 aliphatic rings. The lowest BCUT2D eigenvalue weighted by Crippen LogP contribution is -2.39. The first kappa shape index (κ1) is 14.2. The molecule has 18 heavy (non-hydrogen) atoms. The minimum Gasteiger partial charge on any atom is -0.377 e. The number of halogens is 2. The van der Waals surface area contributed by atoms with Gasteiger partial charge >= 0.3 is 0 Å². The number of alkyl halides is 2. The molecule has 1 atom stereocenters. The smallest absolute Gasteiger partial charge is 0.248 e. The fraction of sp³-hybridized carbons (Fsp3) is 1.00. The van der Waals surface area contributed by atoms with Crippen LogP contribution in [0.2, 0.25) is 0 Å². The van der Waals surface area contributed by atoms with E-state index in [1.54, 1.807) is 0 Å². The van der Waals surface area contributed by atoms with Crippen LogP contribution in [0.3, 0.4) is 0 Å². The summed E-state index contributed by atoms with van der Waals surface area (Å²) in [4.78, 5) is 2.31. The molecule has 106 valence electrons. The SMILES string of the molecule is NCCOC1CCN(CC2CCC(F)(F)C2)CC1. The molecule has 0 spiro atoms. The Kier molecular flexibility index (Phi) is 4.92. The number of nitrogens with two attached hydrogens (primary N) is 1. The van der Waals surface area contributed by atoms with Crippen LogP contribution in [0, 0.1) is 5.92 Å². The van der Waals surface area contributed by atoms with Crippen LogP contribution in [0.25, 0.3) is 0 Å². The molecular weight excluding hydrogens is 238 g/mol. The quantitative estimate of drug-likeness (QED) is 0.822. The highest BCUT2D eigenvalue weighted by molar-refractivity contribution is 4.84. The van der Waals surface area contributed by atoms with Crippen molar-refractivity contribution in [2.45, 2.75) is 44.1 Å². The zero-order valence-corrected chi connectivity index (χ0v) is 10.9. The van der Waals surface area contributed by atoms with E-state index in [-0.39, 0.29) is 18.8 Å². The summed E-state index contributed by atoms with van der Waals surface area (Å²) in [6, 6.07) is 0. The lowest BCUT2D eigenvalue weighted by atomic mass is 10.0. The van der Waals surface area contributed by atoms with Crippen LogP contribution in [0.15, 0.2) is 0 Å². The van der Waals surface area contributed by atoms with Crippen molar-refractivity contribution < 1.29 is 13.5 Å². The van der Waals surface area contributed by atoms with Gasteiger partial charge in [-0.1, -0.05) is 0 Å². The van der Waals surface area contributed by atoms with E-state index >= 15 is 0 Å². The third kappa shape index (κ3) is 4.14. The molecule has 1 unspecified atom stereocenters. The largest absolute Gasteiger partial charge is 0.377 e. The van der Waals surface area contributed by atoms with Gasteiger partial charge < -0.3 is 15.4 Å². The van der Waals surface area contributed by atoms with Crippen LogP contribution in [0.1, 0.15) is 32.1 Å². The molecule has 0 aromatic carbocycles. The van der Waals surface area contributed by atoms with E-state index in [0.29, 0.717) is 25.7 Å². The predicted octanol–water partition coefficient (Wildman–Crippen LogP) is 1.86. The Morgan fingerprint density at radius 1 is 1.22 bits per heavy atom. The van der Waals surface area contributed by atoms with Gasteiger partial charge in [-0.15, -0.1) is 0 Å². The summed E-state index contributed by atoms with van der Waals surface area (Å²) in [6.07, 6.45) is 3.16. The predicted molar refractivity (Wildman–Crippen MR) is 66.8 cm³/mol. The molecule has 2 fully saturated rings. The highest BCUT2D eigenvalue weighted by Crippen LogP contribution is 2.39. The Hall–Kier alpha value is -0.260. The van der Waals surface area contributed by atoms with Gasteiger partial charge in [0, 0.05) is 39.0 Å². The second kappa shape index (κ2) is 6.26. The number of ether oxygens (including phenoxy) is 1. The molecule has 0 radical (unpaired) electrons. The number of likely N-dealkylation sites (tertiary alicyclic amines) is 1. The maximum atomic E-state index is 13.1. The lowest BCUT2D eigenvalue weighted by Gasteiger charge is -2.33. The molecule has 2 rings (SSSR count). The van der Waals surface area contributed by atoms with E-state index in [2.05, 4.69) is 4.90 Å². The van der Waals surface area contributed by atoms with Gasteiger partial charge in [-0.3, -0.25) is 0 Å². The van der Waals surface area contributed by atoms with Crippen molar-refractivity contribution in [3.63, 3.8) is 0 Å². The molecule has 0 aromatic heterocycles. The van der Waals surface area contributed by atoms with E-state index in [4.69, 9.17) is 10.5 Å². The van der Waals surface area contributed by atoms with Gasteiger partial charge in [0.25, 0.3) is 0 Å². The van der Waals surface area contributed by atoms with Gasteiger partial charge in [-0.25, -0.2) is 8.78 Å². The second-order valence-electron chi connectivity index (χ2n) is 5.62. The van der Waals surface area contributed by atoms with Gasteiger partial charge in [0.05, 0.1) is 12.7 Å². The minimum absolute atomic E-state index is 0.0771. The maximum absolute atomic E-state index is 13.1. The molecule has 0 bridgehead atoms. The van der Waals surface area contributed by atoms with Crippen molar-refractivity contribution in [3.8, 4) is 0 Å². The average molecular weight is 262 g/mol. The van der Waals surface area contributed by atoms with Gasteiger partial charge in [0.1, 0.15) is 0 Å². The standard InChI is InChI=1S/C13H24F2N2O/c14-13(15)4-1-11(9-13)10-17-6-2-12(3-7-17)18-8-5-16/h11-12H,1-10,16H2. The summed E-state index contributed by atoms with van der Waals surface area (Å²) in [6.45, 7) is 3.96. The maximum Gasteiger partial charge on any atom is 0.248 e. The topological polar surface area (TPSA) is 38.5 Å². The molecule has 1 heterocycles. The number of hydrogen-bond acceptors (Lipinski definition) is 3. The summed E-state index contributed by atoms with van der Waals surface area (Å²) in [7, 11) is 0. The zero-order chi connectivity index (χ0) is 13.0. The summed E-state index contributed by atoms with van der Waals surface area (Å²) < 4.78 is 31.8. The minimum atomic E-state index is -2.41. The molecule has 1 saturated carbocycles. The van der Waals surface area contributed by atoms with Crippen LogP contribution in [0.4, 0.5) is 8.78 Å². The summed E-state index contributed by atoms with van der Waals surface area (Å²) in [5.74, 6) is -2.23. The van der Waals surface area contributed by atoms with Gasteiger partial charge in [0.2, 0.25) is 5.92 Å². The monoisotopic (exact) mass is 262 g/mol. The average Bonchev–Trinajstić information content (AvgIpc) is 2.68. The van der Waals surface area contributed by atoms with Gasteiger partial charge in [-0.2, -0.15) is 0 Å². The highest BCUT2D eigenvalue weighted by Gasteiger charge is 2.40. The Balaban J connectivity index is 1.65. The Labute approximate surface area is 108 Å². The molecule has 1 aliphatic heterocycles. The normalized spacial score (nSPS) is 29.8. The van der Waals surface area contributed by atoms with E-state index in [9.17, 15) is 8.78 Å². The molecule has 1 aliphatic carbocycles. The molecule has 5 heteroatoms. The molecule has 1 saturated heterocycles. The fourth-order valence-electron chi connectivity index (χ4n) is 3.06. The number of nitrogens with zero attached hydrogens (tertiary/aromatic N) is 1. The highest BCUT2D eigenvalue weighted by atomic mass is 19.3. The van der Waals surface area contributed by atoms with Crippen molar-refractivity contribution in [1.82, 2.24) is 4.90 Å². The van der Waals surface area contributed by atoms with Gasteiger partial charge in [0.15, 0.2) is 0 Å². The third-order valence-corrected chi connectivity index (χ3v) is 4.03. The Bertz CT molecular complexity index is 255. The van der Waals surface area contributed by atoms with Crippen molar-refractivity contribution in [2.75, 3.05) is 32.8 Å². The first-order chi connectivity index (χ1) is 8.59. The van der Waals surface area contributed by atoms with E-state index < -0.39 is 5.92 Å². The molecule has 0 aromatic rings. The van der Waals surface area contributed by atoms with Crippen LogP contribution in [0.5, 0.6) is 0 Å². The van der Waals surface area contributed by atoms with Gasteiger partial charge in [-0.05, 0) is 25.2 Å². The summed E-state index contributed by atoms with van der Waals surface area (Å²) in [5.41, 5.74) is 5.40. The van der Waals surface area contributed by atoms with Crippen molar-refractivity contribution in [2.24, 2.45) is 11.7 Å². The van der Waals surface area contributed by atoms with E-state index in [0.717, 1.165) is 32.5 Å². The molecule has 0 amide bonds. The van der Waals surface area contributed by atoms with E-state index in [1.165, 1.54) is 0 Å². The number of rotatable bonds is 5. The lowest BCUT2D eigenvalue weighted by molar-refractivity contribution is -0.00411. The first-order valence-corrected chi connectivity index (χ1v) is 7.01. The van der Waals surface area contributed by atoms with Crippen molar-refractivity contribution >= 4 is 0 Å². The van der Waals surface area contributed by atoms with Crippen LogP contribution in [-0.2, 0) is 4.74 Å². The molecular formula is C13H24F2N2O. The molecule has 2 N–H and O–H groups in total. The number of hydrogen-bond donors (Lipinski definition) is 1. The first-order valence-electron chi connectivity index (χ1n) is 7.01. The van der Waals surface area contributed by atoms with Crippen molar-refractivity contribution in [3.05, 3.63) is 0 Å². The van der Waals surface area contributed by atoms with E-state index in [1.807, 2.05) is 0 Å². The Morgan fingerprint density at radius 3 is 2.50 bits per heavy atom. The molecule has 3 nitrogen and oxygen atoms in total. The van der Waals surface area contributed by atoms with Crippen LogP contribution < -0.4 is 5.73 Å². The third-order valence-electron chi connectivity index (χ3n) is 4.03. The van der Waals surface area contributed by atoms with Crippen LogP contribution in [-0.4, -0.2) is 49.7 Å². The van der Waals surface area contributed by atoms with Crippen LogP contribution >= 0.6 is 0 Å². The number of piperidine rings is 1. The van der Waals surface area contributed by atoms with Crippen molar-refractivity contribution in [1.29, 1.82) is 0 Å². The fourth-order valence-corrected chi connectivity index (χ4v) is 3.06. The summed E-state index contributed by atoms with van der Waals surface area (Å²) in [5, 5.41) is 0. The summed E-state index contributed by atoms with van der Waals surface area (Å²) >= 11 is 0. The zero-order valence-electron chi connectivity index (χ0n) is 10.9. The second-order valence-corrected chi connectivity index (χ2v) is 5.62. The Morgan fingerprint density at radius 2 is 1.94 bits per heavy atom.